The fraction of sp³-hybridized carbons (Fsp3) is 0.364. The molecule has 1 aromatic rings. The lowest BCUT2D eigenvalue weighted by atomic mass is 10.1. The number of rotatable bonds is 3. The number of para-hydroxylation sites is 1. The van der Waals surface area contributed by atoms with Crippen LogP contribution in [0.25, 0.3) is 0 Å². The predicted octanol–water partition coefficient (Wildman–Crippen LogP) is 2.23. The standard InChI is InChI=1S/C11H15FN2O.ClH/c1-7-4-3-5-9(12)11(7)14-10(15)6-8(2)13;/h3-5,8H,6,13H2,1-2H3,(H,14,15);1H. The Kier molecular flexibility index (Phi) is 6.00. The highest BCUT2D eigenvalue weighted by molar-refractivity contribution is 5.91. The van der Waals surface area contributed by atoms with E-state index in [1.54, 1.807) is 26.0 Å². The molecule has 0 aliphatic carbocycles. The van der Waals surface area contributed by atoms with Crippen molar-refractivity contribution in [2.45, 2.75) is 26.3 Å². The maximum atomic E-state index is 13.3. The quantitative estimate of drug-likeness (QED) is 0.859. The van der Waals surface area contributed by atoms with Gasteiger partial charge in [-0.15, -0.1) is 12.4 Å². The Morgan fingerprint density at radius 1 is 1.56 bits per heavy atom. The molecular formula is C11H16ClFN2O. The van der Waals surface area contributed by atoms with Crippen LogP contribution in [0.4, 0.5) is 10.1 Å². The van der Waals surface area contributed by atoms with E-state index >= 15 is 0 Å². The first-order valence-electron chi connectivity index (χ1n) is 4.81. The third kappa shape index (κ3) is 4.16. The molecule has 5 heteroatoms. The van der Waals surface area contributed by atoms with Crippen molar-refractivity contribution in [2.24, 2.45) is 5.73 Å². The van der Waals surface area contributed by atoms with Gasteiger partial charge in [0.2, 0.25) is 5.91 Å². The minimum absolute atomic E-state index is 0. The minimum atomic E-state index is -0.423. The minimum Gasteiger partial charge on any atom is -0.327 e. The van der Waals surface area contributed by atoms with Crippen LogP contribution in [0.2, 0.25) is 0 Å². The molecule has 1 unspecified atom stereocenters. The highest BCUT2D eigenvalue weighted by atomic mass is 35.5. The zero-order valence-electron chi connectivity index (χ0n) is 9.29. The van der Waals surface area contributed by atoms with Crippen molar-refractivity contribution in [1.29, 1.82) is 0 Å². The first-order valence-corrected chi connectivity index (χ1v) is 4.81. The van der Waals surface area contributed by atoms with Gasteiger partial charge in [-0.2, -0.15) is 0 Å². The van der Waals surface area contributed by atoms with E-state index in [-0.39, 0.29) is 36.5 Å². The molecule has 0 aliphatic rings. The van der Waals surface area contributed by atoms with E-state index in [1.165, 1.54) is 6.07 Å². The molecule has 0 aromatic heterocycles. The average molecular weight is 247 g/mol. The van der Waals surface area contributed by atoms with E-state index in [1.807, 2.05) is 0 Å². The van der Waals surface area contributed by atoms with Crippen LogP contribution in [-0.2, 0) is 4.79 Å². The summed E-state index contributed by atoms with van der Waals surface area (Å²) in [6.07, 6.45) is 0.188. The number of amides is 1. The molecule has 0 aliphatic heterocycles. The molecule has 1 atom stereocenters. The van der Waals surface area contributed by atoms with Crippen LogP contribution in [-0.4, -0.2) is 11.9 Å². The van der Waals surface area contributed by atoms with Crippen molar-refractivity contribution in [2.75, 3.05) is 5.32 Å². The number of anilines is 1. The Bertz CT molecular complexity index is 349. The van der Waals surface area contributed by atoms with E-state index in [2.05, 4.69) is 5.32 Å². The lowest BCUT2D eigenvalue weighted by molar-refractivity contribution is -0.116. The second-order valence-corrected chi connectivity index (χ2v) is 3.66. The first kappa shape index (κ1) is 14.9. The molecule has 0 saturated carbocycles. The molecule has 0 fully saturated rings. The Hall–Kier alpha value is -1.13. The Morgan fingerprint density at radius 2 is 2.19 bits per heavy atom. The largest absolute Gasteiger partial charge is 0.327 e. The second-order valence-electron chi connectivity index (χ2n) is 3.66. The van der Waals surface area contributed by atoms with Crippen molar-refractivity contribution in [1.82, 2.24) is 0 Å². The van der Waals surface area contributed by atoms with E-state index in [0.29, 0.717) is 5.56 Å². The van der Waals surface area contributed by atoms with E-state index in [4.69, 9.17) is 5.73 Å². The maximum absolute atomic E-state index is 13.3. The van der Waals surface area contributed by atoms with Gasteiger partial charge in [0, 0.05) is 12.5 Å². The number of halogens is 2. The van der Waals surface area contributed by atoms with Crippen molar-refractivity contribution >= 4 is 24.0 Å². The van der Waals surface area contributed by atoms with Crippen molar-refractivity contribution < 1.29 is 9.18 Å². The van der Waals surface area contributed by atoms with Gasteiger partial charge < -0.3 is 11.1 Å². The third-order valence-electron chi connectivity index (χ3n) is 1.99. The van der Waals surface area contributed by atoms with Crippen molar-refractivity contribution in [3.05, 3.63) is 29.6 Å². The van der Waals surface area contributed by atoms with Gasteiger partial charge in [0.1, 0.15) is 5.82 Å². The Morgan fingerprint density at radius 3 is 2.69 bits per heavy atom. The topological polar surface area (TPSA) is 55.1 Å². The van der Waals surface area contributed by atoms with E-state index < -0.39 is 5.82 Å². The second kappa shape index (κ2) is 6.45. The number of nitrogens with one attached hydrogen (secondary N) is 1. The van der Waals surface area contributed by atoms with Crippen LogP contribution in [0.3, 0.4) is 0 Å². The summed E-state index contributed by atoms with van der Waals surface area (Å²) in [4.78, 5) is 11.4. The van der Waals surface area contributed by atoms with E-state index in [0.717, 1.165) is 0 Å². The Balaban J connectivity index is 0.00000225. The molecule has 90 valence electrons. The molecule has 3 nitrogen and oxygen atoms in total. The zero-order valence-corrected chi connectivity index (χ0v) is 10.1. The van der Waals surface area contributed by atoms with Crippen molar-refractivity contribution in [3.63, 3.8) is 0 Å². The molecule has 1 rings (SSSR count). The first-order chi connectivity index (χ1) is 7.00. The molecule has 3 N–H and O–H groups in total. The van der Waals surface area contributed by atoms with E-state index in [9.17, 15) is 9.18 Å². The number of aryl methyl sites for hydroxylation is 1. The number of benzene rings is 1. The van der Waals surface area contributed by atoms with Crippen LogP contribution < -0.4 is 11.1 Å². The molecule has 0 radical (unpaired) electrons. The molecule has 1 aromatic carbocycles. The molecule has 0 spiro atoms. The van der Waals surface area contributed by atoms with Crippen LogP contribution in [0.5, 0.6) is 0 Å². The average Bonchev–Trinajstić information content (AvgIpc) is 2.10. The molecule has 16 heavy (non-hydrogen) atoms. The van der Waals surface area contributed by atoms with Gasteiger partial charge in [0.15, 0.2) is 0 Å². The highest BCUT2D eigenvalue weighted by Crippen LogP contribution is 2.18. The maximum Gasteiger partial charge on any atom is 0.226 e. The highest BCUT2D eigenvalue weighted by Gasteiger charge is 2.10. The monoisotopic (exact) mass is 246 g/mol. The summed E-state index contributed by atoms with van der Waals surface area (Å²) in [6.45, 7) is 3.47. The summed E-state index contributed by atoms with van der Waals surface area (Å²) in [5, 5.41) is 2.52. The number of nitrogens with two attached hydrogens (primary N) is 1. The smallest absolute Gasteiger partial charge is 0.226 e. The summed E-state index contributed by atoms with van der Waals surface area (Å²) in [5.74, 6) is -0.689. The van der Waals surface area contributed by atoms with Gasteiger partial charge in [-0.3, -0.25) is 4.79 Å². The van der Waals surface area contributed by atoms with Crippen LogP contribution in [0.15, 0.2) is 18.2 Å². The third-order valence-corrected chi connectivity index (χ3v) is 1.99. The van der Waals surface area contributed by atoms with Gasteiger partial charge in [0.25, 0.3) is 0 Å². The lowest BCUT2D eigenvalue weighted by Gasteiger charge is -2.10. The van der Waals surface area contributed by atoms with Gasteiger partial charge in [-0.1, -0.05) is 12.1 Å². The number of carbonyl (C=O) groups excluding carboxylic acids is 1. The summed E-state index contributed by atoms with van der Waals surface area (Å²) in [7, 11) is 0. The summed E-state index contributed by atoms with van der Waals surface area (Å²) < 4.78 is 13.3. The molecule has 0 heterocycles. The van der Waals surface area contributed by atoms with Crippen LogP contribution in [0, 0.1) is 12.7 Å². The lowest BCUT2D eigenvalue weighted by Crippen LogP contribution is -2.24. The van der Waals surface area contributed by atoms with Gasteiger partial charge in [-0.25, -0.2) is 4.39 Å². The van der Waals surface area contributed by atoms with Crippen LogP contribution in [0.1, 0.15) is 18.9 Å². The number of carbonyl (C=O) groups is 1. The summed E-state index contributed by atoms with van der Waals surface area (Å²) in [5.41, 5.74) is 6.41. The normalized spacial score (nSPS) is 11.5. The predicted molar refractivity (Wildman–Crippen MR) is 65.3 cm³/mol. The Labute approximate surface area is 101 Å². The zero-order chi connectivity index (χ0) is 11.4. The number of hydrogen-bond donors (Lipinski definition) is 2. The molecular weight excluding hydrogens is 231 g/mol. The van der Waals surface area contributed by atoms with Crippen molar-refractivity contribution in [3.8, 4) is 0 Å². The molecule has 1 amide bonds. The fourth-order valence-corrected chi connectivity index (χ4v) is 1.27. The number of hydrogen-bond acceptors (Lipinski definition) is 2. The summed E-state index contributed by atoms with van der Waals surface area (Å²) >= 11 is 0. The SMILES string of the molecule is Cc1cccc(F)c1NC(=O)CC(C)N.Cl. The van der Waals surface area contributed by atoms with Crippen LogP contribution >= 0.6 is 12.4 Å². The molecule has 0 bridgehead atoms. The molecule has 0 saturated heterocycles. The van der Waals surface area contributed by atoms with Gasteiger partial charge >= 0.3 is 0 Å². The summed E-state index contributed by atoms with van der Waals surface area (Å²) in [6, 6.07) is 4.43. The fourth-order valence-electron chi connectivity index (χ4n) is 1.27. The van der Waals surface area contributed by atoms with Gasteiger partial charge in [0.05, 0.1) is 5.69 Å². The van der Waals surface area contributed by atoms with Gasteiger partial charge in [-0.05, 0) is 25.5 Å².